The van der Waals surface area contributed by atoms with Crippen molar-refractivity contribution in [1.29, 1.82) is 0 Å². The van der Waals surface area contributed by atoms with Crippen molar-refractivity contribution in [2.45, 2.75) is 32.3 Å². The summed E-state index contributed by atoms with van der Waals surface area (Å²) < 4.78 is 6.22. The average molecular weight is 246 g/mol. The van der Waals surface area contributed by atoms with Crippen molar-refractivity contribution < 1.29 is 4.74 Å². The smallest absolute Gasteiger partial charge is 0.125 e. The standard InChI is InChI=1S/C15H22N2O/c1-2-17-10-8-12(11-17)18-15-7-3-6-14-13(15)5-4-9-16-14/h3,6-7,12,16H,2,4-5,8-11H2,1H3. The Labute approximate surface area is 109 Å². The highest BCUT2D eigenvalue weighted by Gasteiger charge is 2.24. The molecule has 18 heavy (non-hydrogen) atoms. The van der Waals surface area contributed by atoms with Gasteiger partial charge in [-0.25, -0.2) is 0 Å². The molecule has 1 aromatic carbocycles. The molecule has 0 aliphatic carbocycles. The third-order valence-electron chi connectivity index (χ3n) is 4.02. The first-order valence-electron chi connectivity index (χ1n) is 7.11. The van der Waals surface area contributed by atoms with Crippen LogP contribution < -0.4 is 10.1 Å². The fourth-order valence-corrected chi connectivity index (χ4v) is 2.95. The second-order valence-electron chi connectivity index (χ2n) is 5.23. The summed E-state index contributed by atoms with van der Waals surface area (Å²) in [5.41, 5.74) is 2.64. The first-order chi connectivity index (χ1) is 8.86. The van der Waals surface area contributed by atoms with Gasteiger partial charge in [0, 0.05) is 30.9 Å². The molecule has 0 saturated carbocycles. The third kappa shape index (κ3) is 2.32. The van der Waals surface area contributed by atoms with Gasteiger partial charge in [0.1, 0.15) is 11.9 Å². The number of fused-ring (bicyclic) bond motifs is 1. The van der Waals surface area contributed by atoms with Crippen molar-refractivity contribution in [1.82, 2.24) is 4.90 Å². The molecule has 0 amide bonds. The highest BCUT2D eigenvalue weighted by atomic mass is 16.5. The van der Waals surface area contributed by atoms with Gasteiger partial charge in [-0.2, -0.15) is 0 Å². The quantitative estimate of drug-likeness (QED) is 0.887. The van der Waals surface area contributed by atoms with E-state index >= 15 is 0 Å². The maximum atomic E-state index is 6.22. The van der Waals surface area contributed by atoms with Crippen LogP contribution >= 0.6 is 0 Å². The van der Waals surface area contributed by atoms with E-state index in [0.29, 0.717) is 6.10 Å². The number of nitrogens with one attached hydrogen (secondary N) is 1. The molecule has 1 aromatic rings. The van der Waals surface area contributed by atoms with Crippen LogP contribution in [-0.4, -0.2) is 37.2 Å². The Balaban J connectivity index is 1.73. The fourth-order valence-electron chi connectivity index (χ4n) is 2.95. The average Bonchev–Trinajstić information content (AvgIpc) is 2.87. The van der Waals surface area contributed by atoms with E-state index in [1.165, 1.54) is 24.2 Å². The van der Waals surface area contributed by atoms with Gasteiger partial charge in [0.2, 0.25) is 0 Å². The molecule has 98 valence electrons. The topological polar surface area (TPSA) is 24.5 Å². The van der Waals surface area contributed by atoms with Gasteiger partial charge in [0.15, 0.2) is 0 Å². The molecule has 1 unspecified atom stereocenters. The van der Waals surface area contributed by atoms with Crippen molar-refractivity contribution in [3.05, 3.63) is 23.8 Å². The van der Waals surface area contributed by atoms with Crippen LogP contribution in [0.4, 0.5) is 5.69 Å². The Bertz CT molecular complexity index is 419. The van der Waals surface area contributed by atoms with Gasteiger partial charge in [-0.05, 0) is 37.9 Å². The molecule has 1 atom stereocenters. The minimum absolute atomic E-state index is 0.373. The number of nitrogens with zero attached hydrogens (tertiary/aromatic N) is 1. The van der Waals surface area contributed by atoms with Gasteiger partial charge >= 0.3 is 0 Å². The zero-order chi connectivity index (χ0) is 12.4. The van der Waals surface area contributed by atoms with E-state index in [2.05, 4.69) is 35.3 Å². The predicted octanol–water partition coefficient (Wildman–Crippen LogP) is 2.52. The molecular weight excluding hydrogens is 224 g/mol. The Morgan fingerprint density at radius 3 is 3.22 bits per heavy atom. The number of rotatable bonds is 3. The van der Waals surface area contributed by atoms with E-state index in [1.807, 2.05) is 0 Å². The van der Waals surface area contributed by atoms with E-state index in [-0.39, 0.29) is 0 Å². The van der Waals surface area contributed by atoms with Gasteiger partial charge in [-0.3, -0.25) is 4.90 Å². The van der Waals surface area contributed by atoms with Crippen LogP contribution in [0.15, 0.2) is 18.2 Å². The molecule has 1 N–H and O–H groups in total. The Kier molecular flexibility index (Phi) is 3.41. The molecule has 0 spiro atoms. The summed E-state index contributed by atoms with van der Waals surface area (Å²) in [5.74, 6) is 1.10. The van der Waals surface area contributed by atoms with E-state index < -0.39 is 0 Å². The normalized spacial score (nSPS) is 23.5. The van der Waals surface area contributed by atoms with Gasteiger partial charge in [-0.15, -0.1) is 0 Å². The van der Waals surface area contributed by atoms with Gasteiger partial charge in [-0.1, -0.05) is 13.0 Å². The molecular formula is C15H22N2O. The van der Waals surface area contributed by atoms with Crippen molar-refractivity contribution in [3.8, 4) is 5.75 Å². The molecule has 0 bridgehead atoms. The van der Waals surface area contributed by atoms with Crippen LogP contribution in [0.3, 0.4) is 0 Å². The first kappa shape index (κ1) is 11.8. The van der Waals surface area contributed by atoms with Crippen molar-refractivity contribution in [3.63, 3.8) is 0 Å². The largest absolute Gasteiger partial charge is 0.489 e. The Hall–Kier alpha value is -1.22. The SMILES string of the molecule is CCN1CCC(Oc2cccc3c2CCCN3)C1. The summed E-state index contributed by atoms with van der Waals surface area (Å²) in [7, 11) is 0. The lowest BCUT2D eigenvalue weighted by molar-refractivity contribution is 0.200. The minimum Gasteiger partial charge on any atom is -0.489 e. The maximum absolute atomic E-state index is 6.22. The lowest BCUT2D eigenvalue weighted by Crippen LogP contribution is -2.25. The molecule has 0 aromatic heterocycles. The molecule has 2 aliphatic rings. The molecule has 3 nitrogen and oxygen atoms in total. The lowest BCUT2D eigenvalue weighted by Gasteiger charge is -2.23. The molecule has 0 radical (unpaired) electrons. The summed E-state index contributed by atoms with van der Waals surface area (Å²) in [6.45, 7) is 6.69. The lowest BCUT2D eigenvalue weighted by atomic mass is 10.0. The Morgan fingerprint density at radius 1 is 1.44 bits per heavy atom. The number of hydrogen-bond acceptors (Lipinski definition) is 3. The number of likely N-dealkylation sites (tertiary alicyclic amines) is 1. The van der Waals surface area contributed by atoms with Crippen LogP contribution in [0.5, 0.6) is 5.75 Å². The maximum Gasteiger partial charge on any atom is 0.125 e. The molecule has 3 rings (SSSR count). The summed E-state index contributed by atoms with van der Waals surface area (Å²) in [6.07, 6.45) is 3.88. The van der Waals surface area contributed by atoms with Crippen molar-refractivity contribution in [2.75, 3.05) is 31.5 Å². The number of likely N-dealkylation sites (N-methyl/N-ethyl adjacent to an activating group) is 1. The van der Waals surface area contributed by atoms with Crippen LogP contribution in [-0.2, 0) is 6.42 Å². The van der Waals surface area contributed by atoms with Gasteiger partial charge in [0.05, 0.1) is 0 Å². The van der Waals surface area contributed by atoms with Crippen LogP contribution in [0, 0.1) is 0 Å². The van der Waals surface area contributed by atoms with Gasteiger partial charge < -0.3 is 10.1 Å². The zero-order valence-corrected chi connectivity index (χ0v) is 11.1. The first-order valence-corrected chi connectivity index (χ1v) is 7.11. The van der Waals surface area contributed by atoms with Crippen LogP contribution in [0.25, 0.3) is 0 Å². The minimum atomic E-state index is 0.373. The van der Waals surface area contributed by atoms with E-state index in [4.69, 9.17) is 4.74 Å². The van der Waals surface area contributed by atoms with Crippen LogP contribution in [0.1, 0.15) is 25.3 Å². The summed E-state index contributed by atoms with van der Waals surface area (Å²) in [4.78, 5) is 2.46. The predicted molar refractivity (Wildman–Crippen MR) is 74.4 cm³/mol. The zero-order valence-electron chi connectivity index (χ0n) is 11.1. The summed E-state index contributed by atoms with van der Waals surface area (Å²) in [5, 5.41) is 3.46. The van der Waals surface area contributed by atoms with E-state index in [0.717, 1.165) is 38.2 Å². The van der Waals surface area contributed by atoms with Gasteiger partial charge in [0.25, 0.3) is 0 Å². The van der Waals surface area contributed by atoms with E-state index in [1.54, 1.807) is 0 Å². The highest BCUT2D eigenvalue weighted by molar-refractivity contribution is 5.59. The summed E-state index contributed by atoms with van der Waals surface area (Å²) in [6, 6.07) is 6.38. The molecule has 2 aliphatic heterocycles. The number of ether oxygens (including phenoxy) is 1. The number of hydrogen-bond donors (Lipinski definition) is 1. The number of anilines is 1. The second-order valence-corrected chi connectivity index (χ2v) is 5.23. The van der Waals surface area contributed by atoms with Crippen LogP contribution in [0.2, 0.25) is 0 Å². The Morgan fingerprint density at radius 2 is 2.39 bits per heavy atom. The second kappa shape index (κ2) is 5.19. The molecule has 2 heterocycles. The fraction of sp³-hybridized carbons (Fsp3) is 0.600. The highest BCUT2D eigenvalue weighted by Crippen LogP contribution is 2.32. The van der Waals surface area contributed by atoms with Crippen molar-refractivity contribution in [2.24, 2.45) is 0 Å². The third-order valence-corrected chi connectivity index (χ3v) is 4.02. The number of benzene rings is 1. The van der Waals surface area contributed by atoms with Crippen molar-refractivity contribution >= 4 is 5.69 Å². The molecule has 1 fully saturated rings. The summed E-state index contributed by atoms with van der Waals surface area (Å²) >= 11 is 0. The molecule has 3 heteroatoms. The van der Waals surface area contributed by atoms with E-state index in [9.17, 15) is 0 Å². The monoisotopic (exact) mass is 246 g/mol. The molecule has 1 saturated heterocycles.